The van der Waals surface area contributed by atoms with E-state index in [2.05, 4.69) is 32.1 Å². The molecule has 0 spiro atoms. The van der Waals surface area contributed by atoms with Crippen LogP contribution < -0.4 is 10.2 Å². The Morgan fingerprint density at radius 1 is 1.20 bits per heavy atom. The number of aromatic nitrogens is 2. The van der Waals surface area contributed by atoms with Crippen LogP contribution in [-0.2, 0) is 17.8 Å². The molecule has 2 heterocycles. The third-order valence-corrected chi connectivity index (χ3v) is 5.45. The number of methoxy groups -OCH3 is 1. The molecule has 0 amide bonds. The van der Waals surface area contributed by atoms with Gasteiger partial charge in [0.05, 0.1) is 24.5 Å². The van der Waals surface area contributed by atoms with E-state index in [4.69, 9.17) is 4.74 Å². The van der Waals surface area contributed by atoms with Crippen LogP contribution in [0.5, 0.6) is 0 Å². The number of nitrogens with zero attached hydrogens (tertiary/aromatic N) is 5. The second-order valence-electron chi connectivity index (χ2n) is 7.19. The van der Waals surface area contributed by atoms with E-state index < -0.39 is 0 Å². The van der Waals surface area contributed by atoms with Gasteiger partial charge in [-0.1, -0.05) is 12.1 Å². The fourth-order valence-corrected chi connectivity index (χ4v) is 3.75. The summed E-state index contributed by atoms with van der Waals surface area (Å²) in [6, 6.07) is 6.95. The minimum atomic E-state index is -0.167. The number of guanidine groups is 1. The Labute approximate surface area is 195 Å². The van der Waals surface area contributed by atoms with Crippen LogP contribution in [0, 0.1) is 19.7 Å². The molecule has 0 atom stereocenters. The topological polar surface area (TPSA) is 57.9 Å². The summed E-state index contributed by atoms with van der Waals surface area (Å²) in [7, 11) is 3.50. The van der Waals surface area contributed by atoms with Crippen molar-refractivity contribution in [2.45, 2.75) is 26.9 Å². The van der Waals surface area contributed by atoms with Gasteiger partial charge in [-0.05, 0) is 26.0 Å². The third kappa shape index (κ3) is 5.63. The summed E-state index contributed by atoms with van der Waals surface area (Å²) in [5.74, 6) is 0.696. The van der Waals surface area contributed by atoms with Crippen LogP contribution in [0.15, 0.2) is 29.3 Å². The minimum Gasteiger partial charge on any atom is -0.383 e. The quantitative estimate of drug-likeness (QED) is 0.354. The molecule has 1 N–H and O–H groups in total. The van der Waals surface area contributed by atoms with E-state index in [0.29, 0.717) is 18.8 Å². The molecule has 30 heavy (non-hydrogen) atoms. The molecule has 166 valence electrons. The van der Waals surface area contributed by atoms with Crippen molar-refractivity contribution in [2.75, 3.05) is 51.8 Å². The number of aryl methyl sites for hydroxylation is 1. The molecule has 0 saturated carbocycles. The molecule has 2 aromatic rings. The first-order valence-electron chi connectivity index (χ1n) is 10.0. The van der Waals surface area contributed by atoms with E-state index in [1.54, 1.807) is 20.2 Å². The lowest BCUT2D eigenvalue weighted by Gasteiger charge is -2.37. The Kier molecular flexibility index (Phi) is 9.35. The van der Waals surface area contributed by atoms with Gasteiger partial charge in [0, 0.05) is 58.1 Å². The largest absolute Gasteiger partial charge is 0.383 e. The summed E-state index contributed by atoms with van der Waals surface area (Å²) < 4.78 is 21.2. The Balaban J connectivity index is 0.00000320. The summed E-state index contributed by atoms with van der Waals surface area (Å²) >= 11 is 0. The van der Waals surface area contributed by atoms with E-state index in [1.807, 2.05) is 23.7 Å². The molecular formula is C21H32FIN6O. The third-order valence-electron chi connectivity index (χ3n) is 5.45. The Morgan fingerprint density at radius 3 is 2.53 bits per heavy atom. The Bertz CT molecular complexity index is 848. The number of anilines is 1. The van der Waals surface area contributed by atoms with Gasteiger partial charge in [-0.25, -0.2) is 4.39 Å². The Hall–Kier alpha value is -1.88. The second kappa shape index (κ2) is 11.5. The summed E-state index contributed by atoms with van der Waals surface area (Å²) in [5.41, 5.74) is 4.02. The molecular weight excluding hydrogens is 498 g/mol. The second-order valence-corrected chi connectivity index (χ2v) is 7.19. The molecule has 0 radical (unpaired) electrons. The van der Waals surface area contributed by atoms with Crippen LogP contribution in [0.1, 0.15) is 17.0 Å². The summed E-state index contributed by atoms with van der Waals surface area (Å²) in [4.78, 5) is 8.76. The predicted octanol–water partition coefficient (Wildman–Crippen LogP) is 2.80. The highest BCUT2D eigenvalue weighted by molar-refractivity contribution is 14.0. The molecule has 1 aromatic heterocycles. The number of rotatable bonds is 6. The minimum absolute atomic E-state index is 0. The first-order chi connectivity index (χ1) is 14.0. The van der Waals surface area contributed by atoms with Crippen LogP contribution >= 0.6 is 24.0 Å². The van der Waals surface area contributed by atoms with Gasteiger partial charge in [0.1, 0.15) is 5.82 Å². The summed E-state index contributed by atoms with van der Waals surface area (Å²) in [6.45, 7) is 9.27. The van der Waals surface area contributed by atoms with E-state index in [0.717, 1.165) is 50.1 Å². The summed E-state index contributed by atoms with van der Waals surface area (Å²) in [6.07, 6.45) is 0. The number of nitrogens with one attached hydrogen (secondary N) is 1. The fourth-order valence-electron chi connectivity index (χ4n) is 3.75. The van der Waals surface area contributed by atoms with E-state index in [-0.39, 0.29) is 29.8 Å². The van der Waals surface area contributed by atoms with Crippen molar-refractivity contribution in [2.24, 2.45) is 4.99 Å². The predicted molar refractivity (Wildman–Crippen MR) is 129 cm³/mol. The van der Waals surface area contributed by atoms with Gasteiger partial charge in [-0.3, -0.25) is 9.67 Å². The van der Waals surface area contributed by atoms with E-state index >= 15 is 0 Å². The van der Waals surface area contributed by atoms with Gasteiger partial charge >= 0.3 is 0 Å². The van der Waals surface area contributed by atoms with Crippen molar-refractivity contribution in [3.63, 3.8) is 0 Å². The zero-order valence-electron chi connectivity index (χ0n) is 18.2. The molecule has 0 bridgehead atoms. The average Bonchev–Trinajstić information content (AvgIpc) is 3.01. The zero-order valence-corrected chi connectivity index (χ0v) is 20.5. The van der Waals surface area contributed by atoms with Crippen molar-refractivity contribution in [1.29, 1.82) is 0 Å². The van der Waals surface area contributed by atoms with Crippen LogP contribution in [0.3, 0.4) is 0 Å². The monoisotopic (exact) mass is 530 g/mol. The van der Waals surface area contributed by atoms with Gasteiger partial charge in [-0.15, -0.1) is 24.0 Å². The number of aliphatic imine (C=N–C) groups is 1. The molecule has 1 aliphatic heterocycles. The van der Waals surface area contributed by atoms with Crippen molar-refractivity contribution in [3.05, 3.63) is 47.0 Å². The fraction of sp³-hybridized carbons (Fsp3) is 0.524. The molecule has 9 heteroatoms. The maximum atomic E-state index is 14.1. The molecule has 0 unspecified atom stereocenters. The molecule has 7 nitrogen and oxygen atoms in total. The molecule has 1 aromatic carbocycles. The van der Waals surface area contributed by atoms with Gasteiger partial charge in [-0.2, -0.15) is 5.10 Å². The number of hydrogen-bond acceptors (Lipinski definition) is 4. The Morgan fingerprint density at radius 2 is 1.90 bits per heavy atom. The molecule has 1 saturated heterocycles. The highest BCUT2D eigenvalue weighted by Gasteiger charge is 2.22. The van der Waals surface area contributed by atoms with Gasteiger partial charge in [0.25, 0.3) is 0 Å². The number of hydrogen-bond donors (Lipinski definition) is 1. The van der Waals surface area contributed by atoms with Gasteiger partial charge in [0.2, 0.25) is 0 Å². The number of benzene rings is 1. The zero-order chi connectivity index (χ0) is 20.8. The van der Waals surface area contributed by atoms with Crippen LogP contribution in [0.25, 0.3) is 0 Å². The standard InChI is InChI=1S/C21H31FN6O.HI/c1-16-18(17(2)28(25-16)13-14-29-4)15-24-21(23-3)27-11-9-26(10-12-27)20-8-6-5-7-19(20)22;/h5-8H,9-15H2,1-4H3,(H,23,24);1H. The van der Waals surface area contributed by atoms with Gasteiger partial charge < -0.3 is 19.9 Å². The number of halogens is 2. The average molecular weight is 530 g/mol. The maximum absolute atomic E-state index is 14.1. The highest BCUT2D eigenvalue weighted by Crippen LogP contribution is 2.20. The van der Waals surface area contributed by atoms with Crippen molar-refractivity contribution < 1.29 is 9.13 Å². The van der Waals surface area contributed by atoms with E-state index in [1.165, 1.54) is 11.6 Å². The maximum Gasteiger partial charge on any atom is 0.194 e. The number of piperazine rings is 1. The van der Waals surface area contributed by atoms with Gasteiger partial charge in [0.15, 0.2) is 5.96 Å². The number of para-hydroxylation sites is 1. The first kappa shape index (κ1) is 24.4. The lowest BCUT2D eigenvalue weighted by molar-refractivity contribution is 0.182. The smallest absolute Gasteiger partial charge is 0.194 e. The molecule has 1 fully saturated rings. The molecule has 3 rings (SSSR count). The number of ether oxygens (including phenoxy) is 1. The highest BCUT2D eigenvalue weighted by atomic mass is 127. The van der Waals surface area contributed by atoms with Crippen LogP contribution in [0.4, 0.5) is 10.1 Å². The summed E-state index contributed by atoms with van der Waals surface area (Å²) in [5, 5.41) is 8.09. The lowest BCUT2D eigenvalue weighted by atomic mass is 10.2. The van der Waals surface area contributed by atoms with Crippen molar-refractivity contribution in [3.8, 4) is 0 Å². The molecule has 0 aliphatic carbocycles. The van der Waals surface area contributed by atoms with E-state index in [9.17, 15) is 4.39 Å². The lowest BCUT2D eigenvalue weighted by Crippen LogP contribution is -2.52. The first-order valence-corrected chi connectivity index (χ1v) is 10.0. The van der Waals surface area contributed by atoms with Crippen molar-refractivity contribution in [1.82, 2.24) is 20.0 Å². The van der Waals surface area contributed by atoms with Crippen molar-refractivity contribution >= 4 is 35.6 Å². The molecule has 1 aliphatic rings. The van der Waals surface area contributed by atoms with Crippen LogP contribution in [-0.4, -0.2) is 67.6 Å². The SMILES string of the molecule is CN=C(NCc1c(C)nn(CCOC)c1C)N1CCN(c2ccccc2F)CC1.I. The normalized spacial score (nSPS) is 14.6. The van der Waals surface area contributed by atoms with Crippen LogP contribution in [0.2, 0.25) is 0 Å².